The Balaban J connectivity index is 1.96. The van der Waals surface area contributed by atoms with E-state index in [0.29, 0.717) is 6.54 Å². The molecule has 0 heterocycles. The predicted octanol–water partition coefficient (Wildman–Crippen LogP) is 3.10. The van der Waals surface area contributed by atoms with E-state index in [1.54, 1.807) is 18.2 Å². The van der Waals surface area contributed by atoms with Crippen LogP contribution in [0, 0.1) is 0 Å². The Morgan fingerprint density at radius 3 is 2.42 bits per heavy atom. The fourth-order valence-electron chi connectivity index (χ4n) is 1.72. The van der Waals surface area contributed by atoms with Crippen molar-refractivity contribution in [1.29, 1.82) is 0 Å². The molecule has 98 valence electrons. The number of para-hydroxylation sites is 1. The lowest BCUT2D eigenvalue weighted by Gasteiger charge is -2.11. The van der Waals surface area contributed by atoms with Crippen molar-refractivity contribution in [3.05, 3.63) is 65.7 Å². The molecule has 0 bridgehead atoms. The second kappa shape index (κ2) is 6.25. The van der Waals surface area contributed by atoms with Gasteiger partial charge in [-0.2, -0.15) is 0 Å². The zero-order chi connectivity index (χ0) is 13.7. The number of carbonyl (C=O) groups excluding carboxylic acids is 1. The second-order valence-electron chi connectivity index (χ2n) is 4.11. The number of phenols is 1. The molecule has 2 N–H and O–H groups in total. The fourth-order valence-corrected chi connectivity index (χ4v) is 1.95. The molecule has 0 aliphatic carbocycles. The molecule has 1 amide bonds. The van der Waals surface area contributed by atoms with Crippen LogP contribution >= 0.6 is 11.6 Å². The van der Waals surface area contributed by atoms with Gasteiger partial charge in [-0.25, -0.2) is 0 Å². The zero-order valence-corrected chi connectivity index (χ0v) is 11.0. The lowest BCUT2D eigenvalue weighted by Crippen LogP contribution is -2.26. The van der Waals surface area contributed by atoms with E-state index in [9.17, 15) is 9.90 Å². The van der Waals surface area contributed by atoms with Crippen molar-refractivity contribution < 1.29 is 9.90 Å². The summed E-state index contributed by atoms with van der Waals surface area (Å²) in [5, 5.41) is 12.0. The summed E-state index contributed by atoms with van der Waals surface area (Å²) in [5.41, 5.74) is 1.20. The number of hydrogen-bond acceptors (Lipinski definition) is 2. The molecular weight excluding hydrogens is 262 g/mol. The number of benzene rings is 2. The molecule has 2 aromatic rings. The van der Waals surface area contributed by atoms with Gasteiger partial charge in [-0.15, -0.1) is 11.6 Å². The maximum atomic E-state index is 11.9. The van der Waals surface area contributed by atoms with E-state index in [1.165, 1.54) is 6.07 Å². The third kappa shape index (κ3) is 3.48. The van der Waals surface area contributed by atoms with E-state index < -0.39 is 0 Å². The van der Waals surface area contributed by atoms with Crippen molar-refractivity contribution >= 4 is 17.5 Å². The van der Waals surface area contributed by atoms with Gasteiger partial charge in [-0.05, 0) is 17.7 Å². The smallest absolute Gasteiger partial charge is 0.255 e. The van der Waals surface area contributed by atoms with Gasteiger partial charge >= 0.3 is 0 Å². The number of hydrogen-bond donors (Lipinski definition) is 2. The molecule has 0 aliphatic heterocycles. The molecule has 0 radical (unpaired) electrons. The lowest BCUT2D eigenvalue weighted by atomic mass is 10.1. The molecule has 0 saturated carbocycles. The summed E-state index contributed by atoms with van der Waals surface area (Å²) in [6.07, 6.45) is 0. The van der Waals surface area contributed by atoms with Gasteiger partial charge in [0.1, 0.15) is 5.75 Å². The van der Waals surface area contributed by atoms with Gasteiger partial charge in [0.2, 0.25) is 0 Å². The lowest BCUT2D eigenvalue weighted by molar-refractivity contribution is 0.0951. The number of nitrogens with one attached hydrogen (secondary N) is 1. The Morgan fingerprint density at radius 2 is 1.74 bits per heavy atom. The molecule has 19 heavy (non-hydrogen) atoms. The first-order valence-electron chi connectivity index (χ1n) is 5.93. The molecule has 0 fully saturated rings. The Labute approximate surface area is 116 Å². The van der Waals surface area contributed by atoms with Crippen LogP contribution in [0.4, 0.5) is 0 Å². The van der Waals surface area contributed by atoms with Gasteiger partial charge in [-0.1, -0.05) is 42.5 Å². The maximum absolute atomic E-state index is 11.9. The summed E-state index contributed by atoms with van der Waals surface area (Å²) < 4.78 is 0. The second-order valence-corrected chi connectivity index (χ2v) is 4.63. The van der Waals surface area contributed by atoms with E-state index in [2.05, 4.69) is 5.32 Å². The van der Waals surface area contributed by atoms with E-state index in [1.807, 2.05) is 30.3 Å². The highest BCUT2D eigenvalue weighted by Crippen LogP contribution is 2.20. The Bertz CT molecular complexity index is 557. The average molecular weight is 276 g/mol. The van der Waals surface area contributed by atoms with E-state index >= 15 is 0 Å². The highest BCUT2D eigenvalue weighted by atomic mass is 35.5. The molecular formula is C15H14ClNO2. The molecule has 1 unspecified atom stereocenters. The number of carbonyl (C=O) groups is 1. The minimum Gasteiger partial charge on any atom is -0.507 e. The fraction of sp³-hybridized carbons (Fsp3) is 0.133. The van der Waals surface area contributed by atoms with E-state index in [-0.39, 0.29) is 22.6 Å². The van der Waals surface area contributed by atoms with Crippen molar-refractivity contribution in [3.8, 4) is 5.75 Å². The first-order chi connectivity index (χ1) is 9.18. The third-order valence-electron chi connectivity index (χ3n) is 2.75. The normalized spacial score (nSPS) is 11.8. The molecule has 1 atom stereocenters. The molecule has 2 rings (SSSR count). The first kappa shape index (κ1) is 13.4. The van der Waals surface area contributed by atoms with Crippen molar-refractivity contribution in [3.63, 3.8) is 0 Å². The van der Waals surface area contributed by atoms with Crippen molar-refractivity contribution in [1.82, 2.24) is 5.32 Å². The number of amides is 1. The first-order valence-corrected chi connectivity index (χ1v) is 6.37. The van der Waals surface area contributed by atoms with Crippen LogP contribution < -0.4 is 5.32 Å². The number of phenolic OH excluding ortho intramolecular Hbond substituents is 1. The number of alkyl halides is 1. The van der Waals surface area contributed by atoms with E-state index in [4.69, 9.17) is 11.6 Å². The molecule has 0 spiro atoms. The van der Waals surface area contributed by atoms with Gasteiger partial charge in [-0.3, -0.25) is 4.79 Å². The minimum atomic E-state index is -0.334. The van der Waals surface area contributed by atoms with Gasteiger partial charge in [0.15, 0.2) is 0 Å². The van der Waals surface area contributed by atoms with Crippen LogP contribution in [0.25, 0.3) is 0 Å². The molecule has 0 aromatic heterocycles. The van der Waals surface area contributed by atoms with Crippen LogP contribution in [0.2, 0.25) is 0 Å². The van der Waals surface area contributed by atoms with Crippen LogP contribution in [-0.4, -0.2) is 17.6 Å². The van der Waals surface area contributed by atoms with Crippen LogP contribution in [0.15, 0.2) is 54.6 Å². The average Bonchev–Trinajstić information content (AvgIpc) is 2.46. The Kier molecular flexibility index (Phi) is 4.42. The topological polar surface area (TPSA) is 49.3 Å². The highest BCUT2D eigenvalue weighted by Gasteiger charge is 2.13. The van der Waals surface area contributed by atoms with E-state index in [0.717, 1.165) is 5.56 Å². The summed E-state index contributed by atoms with van der Waals surface area (Å²) in [4.78, 5) is 11.9. The van der Waals surface area contributed by atoms with Gasteiger partial charge < -0.3 is 10.4 Å². The monoisotopic (exact) mass is 275 g/mol. The third-order valence-corrected chi connectivity index (χ3v) is 3.16. The van der Waals surface area contributed by atoms with Gasteiger partial charge in [0, 0.05) is 6.54 Å². The zero-order valence-electron chi connectivity index (χ0n) is 10.2. The van der Waals surface area contributed by atoms with Crippen molar-refractivity contribution in [2.24, 2.45) is 0 Å². The predicted molar refractivity (Wildman–Crippen MR) is 75.5 cm³/mol. The van der Waals surface area contributed by atoms with Crippen LogP contribution in [0.5, 0.6) is 5.75 Å². The summed E-state index contributed by atoms with van der Waals surface area (Å²) in [6.45, 7) is 0.304. The number of aromatic hydroxyl groups is 1. The summed E-state index contributed by atoms with van der Waals surface area (Å²) >= 11 is 6.20. The Hall–Kier alpha value is -2.00. The summed E-state index contributed by atoms with van der Waals surface area (Å²) in [5.74, 6) is -0.370. The van der Waals surface area contributed by atoms with Gasteiger partial charge in [0.05, 0.1) is 10.9 Å². The van der Waals surface area contributed by atoms with Crippen LogP contribution in [0.1, 0.15) is 21.3 Å². The SMILES string of the molecule is O=C(NCC(Cl)c1ccccc1)c1ccccc1O. The number of rotatable bonds is 4. The highest BCUT2D eigenvalue weighted by molar-refractivity contribution is 6.21. The molecule has 3 nitrogen and oxygen atoms in total. The van der Waals surface area contributed by atoms with Crippen LogP contribution in [0.3, 0.4) is 0 Å². The minimum absolute atomic E-state index is 0.0363. The summed E-state index contributed by atoms with van der Waals surface area (Å²) in [6, 6.07) is 15.9. The van der Waals surface area contributed by atoms with Gasteiger partial charge in [0.25, 0.3) is 5.91 Å². The standard InChI is InChI=1S/C15H14ClNO2/c16-13(11-6-2-1-3-7-11)10-17-15(19)12-8-4-5-9-14(12)18/h1-9,13,18H,10H2,(H,17,19). The van der Waals surface area contributed by atoms with Crippen molar-refractivity contribution in [2.45, 2.75) is 5.38 Å². The largest absolute Gasteiger partial charge is 0.507 e. The number of halogens is 1. The quantitative estimate of drug-likeness (QED) is 0.843. The molecule has 4 heteroatoms. The van der Waals surface area contributed by atoms with Crippen LogP contribution in [-0.2, 0) is 0 Å². The Morgan fingerprint density at radius 1 is 1.11 bits per heavy atom. The molecule has 0 aliphatic rings. The molecule has 2 aromatic carbocycles. The van der Waals surface area contributed by atoms with Crippen molar-refractivity contribution in [2.75, 3.05) is 6.54 Å². The summed E-state index contributed by atoms with van der Waals surface area (Å²) in [7, 11) is 0. The maximum Gasteiger partial charge on any atom is 0.255 e. The molecule has 0 saturated heterocycles.